The molecule has 0 saturated heterocycles. The normalized spacial score (nSPS) is 12.8. The minimum Gasteiger partial charge on any atom is -0.375 e. The van der Waals surface area contributed by atoms with E-state index in [2.05, 4.69) is 15.9 Å². The van der Waals surface area contributed by atoms with E-state index >= 15 is 0 Å². The summed E-state index contributed by atoms with van der Waals surface area (Å²) >= 11 is 3.20. The first-order valence-electron chi connectivity index (χ1n) is 4.90. The SMILES string of the molecule is CCC(N)COCc1ccc(Br)cc1F. The largest absolute Gasteiger partial charge is 0.375 e. The lowest BCUT2D eigenvalue weighted by Crippen LogP contribution is -2.24. The zero-order chi connectivity index (χ0) is 11.3. The Labute approximate surface area is 97.7 Å². The molecular formula is C11H15BrFNO. The quantitative estimate of drug-likeness (QED) is 0.897. The molecule has 15 heavy (non-hydrogen) atoms. The summed E-state index contributed by atoms with van der Waals surface area (Å²) in [5, 5.41) is 0. The van der Waals surface area contributed by atoms with Crippen LogP contribution in [0.15, 0.2) is 22.7 Å². The maximum Gasteiger partial charge on any atom is 0.129 e. The van der Waals surface area contributed by atoms with Gasteiger partial charge in [-0.25, -0.2) is 4.39 Å². The number of rotatable bonds is 5. The van der Waals surface area contributed by atoms with Gasteiger partial charge in [0.2, 0.25) is 0 Å². The summed E-state index contributed by atoms with van der Waals surface area (Å²) in [7, 11) is 0. The van der Waals surface area contributed by atoms with Gasteiger partial charge in [0.15, 0.2) is 0 Å². The average Bonchev–Trinajstić information content (AvgIpc) is 2.21. The molecule has 0 aromatic heterocycles. The summed E-state index contributed by atoms with van der Waals surface area (Å²) in [5.74, 6) is -0.255. The lowest BCUT2D eigenvalue weighted by Gasteiger charge is -2.10. The van der Waals surface area contributed by atoms with Crippen LogP contribution in [0.4, 0.5) is 4.39 Å². The summed E-state index contributed by atoms with van der Waals surface area (Å²) in [6, 6.07) is 4.96. The van der Waals surface area contributed by atoms with Crippen LogP contribution in [-0.4, -0.2) is 12.6 Å². The van der Waals surface area contributed by atoms with E-state index in [4.69, 9.17) is 10.5 Å². The third kappa shape index (κ3) is 4.28. The lowest BCUT2D eigenvalue weighted by atomic mass is 10.2. The van der Waals surface area contributed by atoms with Gasteiger partial charge in [-0.1, -0.05) is 28.9 Å². The Morgan fingerprint density at radius 1 is 1.53 bits per heavy atom. The second-order valence-electron chi connectivity index (χ2n) is 3.42. The second-order valence-corrected chi connectivity index (χ2v) is 4.33. The van der Waals surface area contributed by atoms with E-state index in [9.17, 15) is 4.39 Å². The van der Waals surface area contributed by atoms with E-state index < -0.39 is 0 Å². The zero-order valence-electron chi connectivity index (χ0n) is 8.67. The maximum atomic E-state index is 13.3. The molecule has 0 fully saturated rings. The summed E-state index contributed by atoms with van der Waals surface area (Å²) in [6.07, 6.45) is 0.864. The van der Waals surface area contributed by atoms with Crippen LogP contribution >= 0.6 is 15.9 Å². The van der Waals surface area contributed by atoms with Gasteiger partial charge >= 0.3 is 0 Å². The third-order valence-electron chi connectivity index (χ3n) is 2.13. The fourth-order valence-corrected chi connectivity index (χ4v) is 1.41. The van der Waals surface area contributed by atoms with E-state index in [1.54, 1.807) is 12.1 Å². The molecule has 1 aromatic rings. The molecule has 0 heterocycles. The minimum absolute atomic E-state index is 0.0310. The first kappa shape index (κ1) is 12.6. The van der Waals surface area contributed by atoms with Crippen LogP contribution in [0.2, 0.25) is 0 Å². The number of nitrogens with two attached hydrogens (primary N) is 1. The van der Waals surface area contributed by atoms with Crippen LogP contribution in [0.3, 0.4) is 0 Å². The van der Waals surface area contributed by atoms with E-state index in [-0.39, 0.29) is 18.5 Å². The topological polar surface area (TPSA) is 35.2 Å². The number of benzene rings is 1. The Hall–Kier alpha value is -0.450. The fraction of sp³-hybridized carbons (Fsp3) is 0.455. The van der Waals surface area contributed by atoms with Crippen molar-refractivity contribution < 1.29 is 9.13 Å². The highest BCUT2D eigenvalue weighted by Crippen LogP contribution is 2.15. The molecule has 0 saturated carbocycles. The number of hydrogen-bond acceptors (Lipinski definition) is 2. The van der Waals surface area contributed by atoms with E-state index in [0.29, 0.717) is 12.2 Å². The van der Waals surface area contributed by atoms with Gasteiger partial charge in [-0.15, -0.1) is 0 Å². The van der Waals surface area contributed by atoms with Crippen LogP contribution in [0, 0.1) is 5.82 Å². The fourth-order valence-electron chi connectivity index (χ4n) is 1.08. The van der Waals surface area contributed by atoms with Gasteiger partial charge < -0.3 is 10.5 Å². The smallest absolute Gasteiger partial charge is 0.129 e. The molecule has 1 unspecified atom stereocenters. The molecule has 84 valence electrons. The minimum atomic E-state index is -0.255. The molecule has 2 nitrogen and oxygen atoms in total. The van der Waals surface area contributed by atoms with Gasteiger partial charge in [0, 0.05) is 16.1 Å². The monoisotopic (exact) mass is 275 g/mol. The Morgan fingerprint density at radius 3 is 2.87 bits per heavy atom. The molecule has 0 bridgehead atoms. The van der Waals surface area contributed by atoms with Gasteiger partial charge in [-0.2, -0.15) is 0 Å². The summed E-state index contributed by atoms with van der Waals surface area (Å²) in [5.41, 5.74) is 6.23. The highest BCUT2D eigenvalue weighted by atomic mass is 79.9. The van der Waals surface area contributed by atoms with Crippen molar-refractivity contribution in [2.45, 2.75) is 26.0 Å². The third-order valence-corrected chi connectivity index (χ3v) is 2.62. The van der Waals surface area contributed by atoms with Gasteiger partial charge in [0.1, 0.15) is 5.82 Å². The molecule has 1 atom stereocenters. The van der Waals surface area contributed by atoms with E-state index in [1.807, 2.05) is 6.92 Å². The Morgan fingerprint density at radius 2 is 2.27 bits per heavy atom. The molecule has 4 heteroatoms. The molecule has 0 spiro atoms. The Bertz CT molecular complexity index is 319. The van der Waals surface area contributed by atoms with Gasteiger partial charge in [0.05, 0.1) is 13.2 Å². The molecule has 0 aliphatic rings. The van der Waals surface area contributed by atoms with E-state index in [1.165, 1.54) is 6.07 Å². The summed E-state index contributed by atoms with van der Waals surface area (Å²) < 4.78 is 19.4. The maximum absolute atomic E-state index is 13.3. The van der Waals surface area contributed by atoms with Crippen molar-refractivity contribution in [1.29, 1.82) is 0 Å². The molecule has 0 aliphatic carbocycles. The number of halogens is 2. The molecule has 0 radical (unpaired) electrons. The molecule has 1 aromatic carbocycles. The number of hydrogen-bond donors (Lipinski definition) is 1. The van der Waals surface area contributed by atoms with Gasteiger partial charge in [-0.05, 0) is 18.6 Å². The molecule has 2 N–H and O–H groups in total. The molecule has 0 aliphatic heterocycles. The molecule has 1 rings (SSSR count). The van der Waals surface area contributed by atoms with Crippen LogP contribution in [0.5, 0.6) is 0 Å². The lowest BCUT2D eigenvalue weighted by molar-refractivity contribution is 0.105. The van der Waals surface area contributed by atoms with Crippen molar-refractivity contribution in [3.05, 3.63) is 34.1 Å². The van der Waals surface area contributed by atoms with Crippen molar-refractivity contribution in [2.24, 2.45) is 5.73 Å². The average molecular weight is 276 g/mol. The summed E-state index contributed by atoms with van der Waals surface area (Å²) in [4.78, 5) is 0. The summed E-state index contributed by atoms with van der Waals surface area (Å²) in [6.45, 7) is 2.73. The first-order chi connectivity index (χ1) is 7.13. The second kappa shape index (κ2) is 6.20. The Balaban J connectivity index is 2.44. The van der Waals surface area contributed by atoms with Crippen molar-refractivity contribution in [2.75, 3.05) is 6.61 Å². The molecular weight excluding hydrogens is 261 g/mol. The predicted molar refractivity (Wildman–Crippen MR) is 62.0 cm³/mol. The number of ether oxygens (including phenoxy) is 1. The molecule has 0 amide bonds. The van der Waals surface area contributed by atoms with Crippen molar-refractivity contribution in [3.63, 3.8) is 0 Å². The highest BCUT2D eigenvalue weighted by molar-refractivity contribution is 9.10. The van der Waals surface area contributed by atoms with Crippen LogP contribution < -0.4 is 5.73 Å². The predicted octanol–water partition coefficient (Wildman–Crippen LogP) is 2.84. The van der Waals surface area contributed by atoms with Crippen LogP contribution in [0.25, 0.3) is 0 Å². The van der Waals surface area contributed by atoms with Crippen molar-refractivity contribution >= 4 is 15.9 Å². The van der Waals surface area contributed by atoms with Gasteiger partial charge in [-0.3, -0.25) is 0 Å². The highest BCUT2D eigenvalue weighted by Gasteiger charge is 2.04. The zero-order valence-corrected chi connectivity index (χ0v) is 10.3. The van der Waals surface area contributed by atoms with E-state index in [0.717, 1.165) is 10.9 Å². The standard InChI is InChI=1S/C11H15BrFNO/c1-2-10(14)7-15-6-8-3-4-9(12)5-11(8)13/h3-5,10H,2,6-7,14H2,1H3. The Kier molecular flexibility index (Phi) is 5.22. The first-order valence-corrected chi connectivity index (χ1v) is 5.70. The van der Waals surface area contributed by atoms with Crippen LogP contribution in [-0.2, 0) is 11.3 Å². The van der Waals surface area contributed by atoms with Gasteiger partial charge in [0.25, 0.3) is 0 Å². The van der Waals surface area contributed by atoms with Crippen molar-refractivity contribution in [1.82, 2.24) is 0 Å². The van der Waals surface area contributed by atoms with Crippen LogP contribution in [0.1, 0.15) is 18.9 Å². The van der Waals surface area contributed by atoms with Crippen molar-refractivity contribution in [3.8, 4) is 0 Å².